The first-order valence-electron chi connectivity index (χ1n) is 5.54. The lowest BCUT2D eigenvalue weighted by atomic mass is 10.1. The smallest absolute Gasteiger partial charge is 0.349 e. The van der Waals surface area contributed by atoms with Crippen molar-refractivity contribution in [1.82, 2.24) is 0 Å². The molecule has 0 unspecified atom stereocenters. The second-order valence-electron chi connectivity index (χ2n) is 3.91. The Hall–Kier alpha value is -2.43. The highest BCUT2D eigenvalue weighted by Crippen LogP contribution is 2.12. The molecule has 0 aliphatic heterocycles. The van der Waals surface area contributed by atoms with Crippen LogP contribution in [-0.4, -0.2) is 24.3 Å². The molecule has 0 atom stereocenters. The van der Waals surface area contributed by atoms with E-state index in [-0.39, 0.29) is 17.1 Å². The van der Waals surface area contributed by atoms with E-state index in [0.717, 1.165) is 0 Å². The van der Waals surface area contributed by atoms with Gasteiger partial charge in [0.2, 0.25) is 0 Å². The molecule has 0 N–H and O–H groups in total. The van der Waals surface area contributed by atoms with Gasteiger partial charge in [0.15, 0.2) is 12.4 Å². The van der Waals surface area contributed by atoms with Gasteiger partial charge in [-0.2, -0.15) is 0 Å². The number of carbonyl (C=O) groups excluding carboxylic acids is 3. The molecule has 5 heteroatoms. The highest BCUT2D eigenvalue weighted by Gasteiger charge is 2.10. The zero-order valence-electron chi connectivity index (χ0n) is 10.8. The summed E-state index contributed by atoms with van der Waals surface area (Å²) >= 11 is 0. The van der Waals surface area contributed by atoms with E-state index in [1.54, 1.807) is 12.1 Å². The van der Waals surface area contributed by atoms with Crippen LogP contribution in [0.3, 0.4) is 0 Å². The SMILES string of the molecule is C=C(C)C(=O)OCC(=O)Oc1ccc(C(C)=O)cc1. The summed E-state index contributed by atoms with van der Waals surface area (Å²) in [4.78, 5) is 33.5. The molecule has 0 heterocycles. The van der Waals surface area contributed by atoms with Gasteiger partial charge in [-0.1, -0.05) is 6.58 Å². The summed E-state index contributed by atoms with van der Waals surface area (Å²) in [7, 11) is 0. The molecule has 1 aromatic rings. The van der Waals surface area contributed by atoms with Crippen molar-refractivity contribution in [3.05, 3.63) is 42.0 Å². The fourth-order valence-corrected chi connectivity index (χ4v) is 1.17. The number of hydrogen-bond acceptors (Lipinski definition) is 5. The van der Waals surface area contributed by atoms with Gasteiger partial charge in [-0.15, -0.1) is 0 Å². The number of ether oxygens (including phenoxy) is 2. The van der Waals surface area contributed by atoms with E-state index in [1.807, 2.05) is 0 Å². The fraction of sp³-hybridized carbons (Fsp3) is 0.214. The Balaban J connectivity index is 2.50. The second-order valence-corrected chi connectivity index (χ2v) is 3.91. The summed E-state index contributed by atoms with van der Waals surface area (Å²) in [6.07, 6.45) is 0. The van der Waals surface area contributed by atoms with Gasteiger partial charge in [0.1, 0.15) is 5.75 Å². The van der Waals surface area contributed by atoms with Crippen molar-refractivity contribution in [1.29, 1.82) is 0 Å². The predicted molar refractivity (Wildman–Crippen MR) is 67.9 cm³/mol. The lowest BCUT2D eigenvalue weighted by molar-refractivity contribution is -0.150. The second kappa shape index (κ2) is 6.49. The van der Waals surface area contributed by atoms with E-state index < -0.39 is 18.5 Å². The highest BCUT2D eigenvalue weighted by atomic mass is 16.6. The van der Waals surface area contributed by atoms with Crippen LogP contribution in [0.5, 0.6) is 5.75 Å². The zero-order valence-corrected chi connectivity index (χ0v) is 10.8. The predicted octanol–water partition coefficient (Wildman–Crippen LogP) is 1.91. The molecule has 0 bridgehead atoms. The van der Waals surface area contributed by atoms with Crippen LogP contribution in [0, 0.1) is 0 Å². The number of hydrogen-bond donors (Lipinski definition) is 0. The summed E-state index contributed by atoms with van der Waals surface area (Å²) in [5.41, 5.74) is 0.729. The molecule has 19 heavy (non-hydrogen) atoms. The van der Waals surface area contributed by atoms with Crippen LogP contribution in [0.1, 0.15) is 24.2 Å². The number of esters is 2. The first kappa shape index (κ1) is 14.6. The van der Waals surface area contributed by atoms with Crippen LogP contribution in [0.4, 0.5) is 0 Å². The number of carbonyl (C=O) groups is 3. The van der Waals surface area contributed by atoms with Crippen molar-refractivity contribution in [3.8, 4) is 5.75 Å². The summed E-state index contributed by atoms with van der Waals surface area (Å²) in [6, 6.07) is 6.08. The molecule has 0 radical (unpaired) electrons. The van der Waals surface area contributed by atoms with E-state index in [9.17, 15) is 14.4 Å². The van der Waals surface area contributed by atoms with Crippen LogP contribution in [0.2, 0.25) is 0 Å². The molecule has 0 spiro atoms. The summed E-state index contributed by atoms with van der Waals surface area (Å²) in [6.45, 7) is 5.82. The zero-order chi connectivity index (χ0) is 14.4. The van der Waals surface area contributed by atoms with Crippen LogP contribution < -0.4 is 4.74 Å². The minimum absolute atomic E-state index is 0.0757. The van der Waals surface area contributed by atoms with Crippen LogP contribution in [-0.2, 0) is 14.3 Å². The number of ketones is 1. The number of Topliss-reactive ketones (excluding diaryl/α,β-unsaturated/α-hetero) is 1. The molecule has 1 aromatic carbocycles. The van der Waals surface area contributed by atoms with Crippen molar-refractivity contribution < 1.29 is 23.9 Å². The van der Waals surface area contributed by atoms with Crippen molar-refractivity contribution in [2.75, 3.05) is 6.61 Å². The molecule has 1 rings (SSSR count). The molecule has 0 saturated carbocycles. The van der Waals surface area contributed by atoms with Crippen molar-refractivity contribution >= 4 is 17.7 Å². The standard InChI is InChI=1S/C14H14O5/c1-9(2)14(17)18-8-13(16)19-12-6-4-11(5-7-12)10(3)15/h4-7H,1,8H2,2-3H3. The molecule has 0 fully saturated rings. The van der Waals surface area contributed by atoms with Crippen molar-refractivity contribution in [3.63, 3.8) is 0 Å². The van der Waals surface area contributed by atoms with Gasteiger partial charge in [-0.3, -0.25) is 4.79 Å². The topological polar surface area (TPSA) is 69.7 Å². The van der Waals surface area contributed by atoms with Gasteiger partial charge in [-0.25, -0.2) is 9.59 Å². The molecule has 100 valence electrons. The normalized spacial score (nSPS) is 9.58. The van der Waals surface area contributed by atoms with E-state index in [2.05, 4.69) is 11.3 Å². The summed E-state index contributed by atoms with van der Waals surface area (Å²) in [5, 5.41) is 0. The van der Waals surface area contributed by atoms with Crippen LogP contribution in [0.25, 0.3) is 0 Å². The molecule has 0 amide bonds. The maximum atomic E-state index is 11.4. The molecule has 0 aliphatic rings. The molecule has 0 aromatic heterocycles. The number of benzene rings is 1. The molecule has 0 aliphatic carbocycles. The van der Waals surface area contributed by atoms with E-state index in [4.69, 9.17) is 4.74 Å². The minimum Gasteiger partial charge on any atom is -0.450 e. The van der Waals surface area contributed by atoms with Crippen LogP contribution >= 0.6 is 0 Å². The lowest BCUT2D eigenvalue weighted by Gasteiger charge is -2.05. The summed E-state index contributed by atoms with van der Waals surface area (Å²) < 4.78 is 9.55. The molecule has 0 saturated heterocycles. The van der Waals surface area contributed by atoms with E-state index >= 15 is 0 Å². The monoisotopic (exact) mass is 262 g/mol. The van der Waals surface area contributed by atoms with Gasteiger partial charge in [0.25, 0.3) is 0 Å². The highest BCUT2D eigenvalue weighted by molar-refractivity contribution is 5.94. The third-order valence-corrected chi connectivity index (χ3v) is 2.16. The largest absolute Gasteiger partial charge is 0.450 e. The quantitative estimate of drug-likeness (QED) is 0.351. The first-order valence-corrected chi connectivity index (χ1v) is 5.54. The van der Waals surface area contributed by atoms with E-state index in [0.29, 0.717) is 5.56 Å². The van der Waals surface area contributed by atoms with Crippen LogP contribution in [0.15, 0.2) is 36.4 Å². The Labute approximate surface area is 110 Å². The average Bonchev–Trinajstić information content (AvgIpc) is 2.36. The number of rotatable bonds is 5. The van der Waals surface area contributed by atoms with Gasteiger partial charge in [0.05, 0.1) is 0 Å². The van der Waals surface area contributed by atoms with Gasteiger partial charge in [-0.05, 0) is 38.1 Å². The maximum absolute atomic E-state index is 11.4. The van der Waals surface area contributed by atoms with Gasteiger partial charge >= 0.3 is 11.9 Å². The third-order valence-electron chi connectivity index (χ3n) is 2.16. The summed E-state index contributed by atoms with van der Waals surface area (Å²) in [5.74, 6) is -1.15. The Morgan fingerprint density at radius 2 is 1.68 bits per heavy atom. The average molecular weight is 262 g/mol. The first-order chi connectivity index (χ1) is 8.90. The Kier molecular flexibility index (Phi) is 5.00. The Morgan fingerprint density at radius 1 is 1.11 bits per heavy atom. The van der Waals surface area contributed by atoms with E-state index in [1.165, 1.54) is 26.0 Å². The molecular weight excluding hydrogens is 248 g/mol. The molecular formula is C14H14O5. The Bertz CT molecular complexity index is 513. The molecule has 5 nitrogen and oxygen atoms in total. The third kappa shape index (κ3) is 4.75. The minimum atomic E-state index is -0.704. The fourth-order valence-electron chi connectivity index (χ4n) is 1.17. The van der Waals surface area contributed by atoms with Crippen molar-refractivity contribution in [2.24, 2.45) is 0 Å². The maximum Gasteiger partial charge on any atom is 0.349 e. The van der Waals surface area contributed by atoms with Crippen molar-refractivity contribution in [2.45, 2.75) is 13.8 Å². The van der Waals surface area contributed by atoms with Gasteiger partial charge < -0.3 is 9.47 Å². The lowest BCUT2D eigenvalue weighted by Crippen LogP contribution is -2.19. The van der Waals surface area contributed by atoms with Gasteiger partial charge in [0, 0.05) is 11.1 Å². The Morgan fingerprint density at radius 3 is 2.16 bits per heavy atom.